The van der Waals surface area contributed by atoms with E-state index in [9.17, 15) is 4.79 Å². The number of aromatic nitrogens is 1. The molecule has 0 atom stereocenters. The molecule has 24 heavy (non-hydrogen) atoms. The van der Waals surface area contributed by atoms with Gasteiger partial charge >= 0.3 is 0 Å². The Bertz CT molecular complexity index is 904. The average Bonchev–Trinajstić information content (AvgIpc) is 2.62. The van der Waals surface area contributed by atoms with E-state index in [2.05, 4.69) is 17.2 Å². The maximum atomic E-state index is 10.6. The van der Waals surface area contributed by atoms with E-state index >= 15 is 0 Å². The second-order valence-corrected chi connectivity index (χ2v) is 5.28. The topological polar surface area (TPSA) is 80.4 Å². The molecule has 0 radical (unpaired) electrons. The zero-order chi connectivity index (χ0) is 16.9. The van der Waals surface area contributed by atoms with E-state index in [1.54, 1.807) is 0 Å². The van der Waals surface area contributed by atoms with Crippen LogP contribution < -0.4 is 11.1 Å². The van der Waals surface area contributed by atoms with Gasteiger partial charge in [-0.3, -0.25) is 10.1 Å². The molecule has 1 heterocycles. The van der Waals surface area contributed by atoms with Gasteiger partial charge in [0.2, 0.25) is 6.41 Å². The van der Waals surface area contributed by atoms with E-state index in [1.165, 1.54) is 0 Å². The molecule has 3 rings (SSSR count). The van der Waals surface area contributed by atoms with Gasteiger partial charge in [0.05, 0.1) is 16.9 Å². The number of fused-ring (bicyclic) bond motifs is 1. The maximum Gasteiger partial charge on any atom is 0.213 e. The maximum absolute atomic E-state index is 10.6. The van der Waals surface area contributed by atoms with Crippen molar-refractivity contribution < 1.29 is 4.79 Å². The van der Waals surface area contributed by atoms with Gasteiger partial charge in [0.15, 0.2) is 5.96 Å². The van der Waals surface area contributed by atoms with Gasteiger partial charge in [0.25, 0.3) is 0 Å². The van der Waals surface area contributed by atoms with E-state index in [0.29, 0.717) is 6.41 Å². The summed E-state index contributed by atoms with van der Waals surface area (Å²) in [5.41, 5.74) is 10.3. The van der Waals surface area contributed by atoms with Gasteiger partial charge in [0, 0.05) is 16.5 Å². The van der Waals surface area contributed by atoms with E-state index in [-0.39, 0.29) is 5.96 Å². The first-order valence-corrected chi connectivity index (χ1v) is 7.76. The molecule has 0 aliphatic carbocycles. The lowest BCUT2D eigenvalue weighted by Crippen LogP contribution is -2.29. The molecular formula is C19H18N4O. The van der Waals surface area contributed by atoms with Crippen molar-refractivity contribution in [1.82, 2.24) is 10.3 Å². The number of pyridine rings is 1. The lowest BCUT2D eigenvalue weighted by Gasteiger charge is -2.14. The number of hydrogen-bond acceptors (Lipinski definition) is 3. The number of hydrogen-bond donors (Lipinski definition) is 2. The third-order valence-electron chi connectivity index (χ3n) is 3.80. The largest absolute Gasteiger partial charge is 0.369 e. The van der Waals surface area contributed by atoms with Crippen LogP contribution >= 0.6 is 0 Å². The fourth-order valence-electron chi connectivity index (χ4n) is 2.74. The van der Waals surface area contributed by atoms with Crippen molar-refractivity contribution in [3.8, 4) is 11.3 Å². The number of nitrogens with one attached hydrogen (secondary N) is 1. The Morgan fingerprint density at radius 3 is 2.58 bits per heavy atom. The van der Waals surface area contributed by atoms with Gasteiger partial charge in [-0.25, -0.2) is 9.98 Å². The van der Waals surface area contributed by atoms with Crippen LogP contribution in [0.25, 0.3) is 22.2 Å². The minimum Gasteiger partial charge on any atom is -0.369 e. The van der Waals surface area contributed by atoms with Crippen LogP contribution in [0.5, 0.6) is 0 Å². The van der Waals surface area contributed by atoms with Crippen molar-refractivity contribution in [2.75, 3.05) is 0 Å². The van der Waals surface area contributed by atoms with Crippen molar-refractivity contribution >= 4 is 29.0 Å². The molecule has 0 spiro atoms. The van der Waals surface area contributed by atoms with Crippen LogP contribution in [0.4, 0.5) is 5.69 Å². The summed E-state index contributed by atoms with van der Waals surface area (Å²) < 4.78 is 0. The fraction of sp³-hybridized carbons (Fsp3) is 0.105. The summed E-state index contributed by atoms with van der Waals surface area (Å²) in [4.78, 5) is 19.9. The third kappa shape index (κ3) is 2.96. The van der Waals surface area contributed by atoms with Crippen molar-refractivity contribution in [2.45, 2.75) is 13.3 Å². The van der Waals surface area contributed by atoms with Crippen LogP contribution in [-0.2, 0) is 11.2 Å². The Labute approximate surface area is 140 Å². The standard InChI is InChI=1S/C19H18N4O/c1-2-14-17(13-8-4-3-5-9-13)22-16-11-7-6-10-15(16)18(14)23-19(20)21-12-24/h3-12H,2H2,1H3,(H3,20,21,22,23,24). The number of carbonyl (C=O) groups excluding carboxylic acids is 1. The van der Waals surface area contributed by atoms with E-state index in [0.717, 1.165) is 39.8 Å². The molecule has 1 amide bonds. The van der Waals surface area contributed by atoms with Crippen molar-refractivity contribution in [3.05, 3.63) is 60.2 Å². The zero-order valence-electron chi connectivity index (χ0n) is 13.4. The lowest BCUT2D eigenvalue weighted by molar-refractivity contribution is -0.108. The van der Waals surface area contributed by atoms with E-state index in [4.69, 9.17) is 10.7 Å². The molecular weight excluding hydrogens is 300 g/mol. The van der Waals surface area contributed by atoms with Crippen LogP contribution in [0, 0.1) is 0 Å². The monoisotopic (exact) mass is 318 g/mol. The second-order valence-electron chi connectivity index (χ2n) is 5.28. The van der Waals surface area contributed by atoms with Crippen molar-refractivity contribution in [3.63, 3.8) is 0 Å². The van der Waals surface area contributed by atoms with E-state index in [1.807, 2.05) is 54.6 Å². The summed E-state index contributed by atoms with van der Waals surface area (Å²) in [6, 6.07) is 17.8. The van der Waals surface area contributed by atoms with Crippen LogP contribution in [0.3, 0.4) is 0 Å². The molecule has 3 aromatic rings. The predicted octanol–water partition coefficient (Wildman–Crippen LogP) is 3.16. The average molecular weight is 318 g/mol. The first-order valence-electron chi connectivity index (χ1n) is 7.76. The number of guanidine groups is 1. The summed E-state index contributed by atoms with van der Waals surface area (Å²) in [5.74, 6) is 0.0649. The third-order valence-corrected chi connectivity index (χ3v) is 3.80. The van der Waals surface area contributed by atoms with Gasteiger partial charge in [-0.05, 0) is 12.5 Å². The summed E-state index contributed by atoms with van der Waals surface area (Å²) >= 11 is 0. The predicted molar refractivity (Wildman–Crippen MR) is 97.0 cm³/mol. The number of nitrogens with zero attached hydrogens (tertiary/aromatic N) is 2. The molecule has 0 bridgehead atoms. The molecule has 0 saturated carbocycles. The second kappa shape index (κ2) is 6.91. The Kier molecular flexibility index (Phi) is 4.52. The number of amides is 1. The Hall–Kier alpha value is -3.21. The van der Waals surface area contributed by atoms with E-state index < -0.39 is 0 Å². The van der Waals surface area contributed by atoms with Gasteiger partial charge in [0.1, 0.15) is 0 Å². The number of aliphatic imine (C=N–C) groups is 1. The van der Waals surface area contributed by atoms with Gasteiger partial charge in [-0.1, -0.05) is 55.5 Å². The molecule has 0 fully saturated rings. The minimum absolute atomic E-state index is 0.0649. The van der Waals surface area contributed by atoms with Crippen molar-refractivity contribution in [2.24, 2.45) is 10.7 Å². The molecule has 5 heteroatoms. The molecule has 0 unspecified atom stereocenters. The van der Waals surface area contributed by atoms with Gasteiger partial charge < -0.3 is 5.73 Å². The molecule has 0 saturated heterocycles. The summed E-state index contributed by atoms with van der Waals surface area (Å²) in [5, 5.41) is 3.30. The molecule has 2 aromatic carbocycles. The highest BCUT2D eigenvalue weighted by molar-refractivity contribution is 5.99. The first-order chi connectivity index (χ1) is 11.7. The number of para-hydroxylation sites is 1. The highest BCUT2D eigenvalue weighted by atomic mass is 16.1. The number of nitrogens with two attached hydrogens (primary N) is 1. The Morgan fingerprint density at radius 2 is 1.88 bits per heavy atom. The van der Waals surface area contributed by atoms with Gasteiger partial charge in [-0.2, -0.15) is 0 Å². The van der Waals surface area contributed by atoms with Crippen LogP contribution in [-0.4, -0.2) is 17.4 Å². The van der Waals surface area contributed by atoms with Crippen molar-refractivity contribution in [1.29, 1.82) is 0 Å². The summed E-state index contributed by atoms with van der Waals surface area (Å²) in [6.07, 6.45) is 1.27. The normalized spacial score (nSPS) is 11.5. The molecule has 0 aliphatic rings. The van der Waals surface area contributed by atoms with Crippen LogP contribution in [0.15, 0.2) is 59.6 Å². The first kappa shape index (κ1) is 15.7. The fourth-order valence-corrected chi connectivity index (χ4v) is 2.74. The van der Waals surface area contributed by atoms with Crippen LogP contribution in [0.2, 0.25) is 0 Å². The SMILES string of the molecule is CCc1c(-c2ccccc2)nc2ccccc2c1N=C(N)NC=O. The lowest BCUT2D eigenvalue weighted by atomic mass is 9.99. The number of benzene rings is 2. The van der Waals surface area contributed by atoms with Crippen LogP contribution in [0.1, 0.15) is 12.5 Å². The smallest absolute Gasteiger partial charge is 0.213 e. The molecule has 120 valence electrons. The van der Waals surface area contributed by atoms with Gasteiger partial charge in [-0.15, -0.1) is 0 Å². The summed E-state index contributed by atoms with van der Waals surface area (Å²) in [6.45, 7) is 2.06. The minimum atomic E-state index is 0.0649. The molecule has 0 aliphatic heterocycles. The Morgan fingerprint density at radius 1 is 1.17 bits per heavy atom. The Balaban J connectivity index is 2.34. The number of carbonyl (C=O) groups is 1. The highest BCUT2D eigenvalue weighted by Gasteiger charge is 2.15. The molecule has 3 N–H and O–H groups in total. The highest BCUT2D eigenvalue weighted by Crippen LogP contribution is 2.36. The molecule has 5 nitrogen and oxygen atoms in total. The molecule has 1 aromatic heterocycles. The quantitative estimate of drug-likeness (QED) is 0.440. The zero-order valence-corrected chi connectivity index (χ0v) is 13.4. The summed E-state index contributed by atoms with van der Waals surface area (Å²) in [7, 11) is 0. The number of rotatable bonds is 4.